The number of hydrogen-bond donors (Lipinski definition) is 2. The summed E-state index contributed by atoms with van der Waals surface area (Å²) in [7, 11) is 0. The Morgan fingerprint density at radius 3 is 2.67 bits per heavy atom. The molecule has 1 aromatic carbocycles. The van der Waals surface area contributed by atoms with Crippen LogP contribution in [-0.4, -0.2) is 33.3 Å². The third-order valence-electron chi connectivity index (χ3n) is 4.33. The first kappa shape index (κ1) is 16.5. The molecule has 1 fully saturated rings. The summed E-state index contributed by atoms with van der Waals surface area (Å²) in [5.74, 6) is 0.921. The van der Waals surface area contributed by atoms with E-state index in [9.17, 15) is 0 Å². The van der Waals surface area contributed by atoms with Crippen molar-refractivity contribution in [3.63, 3.8) is 0 Å². The lowest BCUT2D eigenvalue weighted by atomic mass is 9.96. The molecule has 0 atom stereocenters. The second-order valence-electron chi connectivity index (χ2n) is 6.18. The minimum atomic E-state index is 0.561. The van der Waals surface area contributed by atoms with Crippen LogP contribution in [0.25, 0.3) is 5.69 Å². The normalized spacial score (nSPS) is 16.1. The Labute approximate surface area is 143 Å². The Balaban J connectivity index is 1.60. The molecule has 24 heavy (non-hydrogen) atoms. The molecule has 1 aliphatic rings. The average molecular weight is 326 g/mol. The van der Waals surface area contributed by atoms with Crippen molar-refractivity contribution >= 4 is 5.96 Å². The maximum absolute atomic E-state index is 4.73. The van der Waals surface area contributed by atoms with Crippen molar-refractivity contribution in [1.29, 1.82) is 0 Å². The molecule has 1 aromatic heterocycles. The highest BCUT2D eigenvalue weighted by Gasteiger charge is 2.14. The standard InChI is InChI=1S/C18H26N6/c1-2-20-18(23-16-6-4-3-5-7-16)21-12-15-8-10-17(11-9-15)24-14-19-13-22-24/h8-11,13-14,16H,2-7,12H2,1H3,(H2,20,21,23). The molecule has 1 saturated carbocycles. The van der Waals surface area contributed by atoms with Crippen LogP contribution in [0.2, 0.25) is 0 Å². The van der Waals surface area contributed by atoms with Crippen molar-refractivity contribution in [2.45, 2.75) is 51.6 Å². The molecular weight excluding hydrogens is 300 g/mol. The van der Waals surface area contributed by atoms with Crippen molar-refractivity contribution in [2.24, 2.45) is 4.99 Å². The number of nitrogens with one attached hydrogen (secondary N) is 2. The zero-order valence-electron chi connectivity index (χ0n) is 14.3. The fourth-order valence-electron chi connectivity index (χ4n) is 3.03. The molecule has 128 valence electrons. The van der Waals surface area contributed by atoms with E-state index >= 15 is 0 Å². The number of nitrogens with zero attached hydrogens (tertiary/aromatic N) is 4. The van der Waals surface area contributed by atoms with Gasteiger partial charge in [-0.3, -0.25) is 0 Å². The quantitative estimate of drug-likeness (QED) is 0.655. The van der Waals surface area contributed by atoms with Crippen LogP contribution in [0.5, 0.6) is 0 Å². The molecule has 0 aliphatic heterocycles. The zero-order valence-corrected chi connectivity index (χ0v) is 14.3. The van der Waals surface area contributed by atoms with E-state index in [1.54, 1.807) is 11.0 Å². The first-order chi connectivity index (χ1) is 11.8. The first-order valence-electron chi connectivity index (χ1n) is 8.84. The number of hydrogen-bond acceptors (Lipinski definition) is 3. The van der Waals surface area contributed by atoms with Crippen molar-refractivity contribution in [2.75, 3.05) is 6.54 Å². The summed E-state index contributed by atoms with van der Waals surface area (Å²) in [4.78, 5) is 8.70. The first-order valence-corrected chi connectivity index (χ1v) is 8.84. The van der Waals surface area contributed by atoms with Gasteiger partial charge in [-0.15, -0.1) is 0 Å². The fourth-order valence-corrected chi connectivity index (χ4v) is 3.03. The van der Waals surface area contributed by atoms with Crippen LogP contribution in [0.4, 0.5) is 0 Å². The van der Waals surface area contributed by atoms with Gasteiger partial charge in [-0.2, -0.15) is 5.10 Å². The van der Waals surface area contributed by atoms with Crippen molar-refractivity contribution in [3.8, 4) is 5.69 Å². The molecule has 1 aliphatic carbocycles. The van der Waals surface area contributed by atoms with Gasteiger partial charge in [0.15, 0.2) is 5.96 Å². The van der Waals surface area contributed by atoms with E-state index in [4.69, 9.17) is 4.99 Å². The SMILES string of the molecule is CCNC(=NCc1ccc(-n2cncn2)cc1)NC1CCCCC1. The van der Waals surface area contributed by atoms with Gasteiger partial charge < -0.3 is 10.6 Å². The van der Waals surface area contributed by atoms with Gasteiger partial charge in [0, 0.05) is 12.6 Å². The fraction of sp³-hybridized carbons (Fsp3) is 0.500. The van der Waals surface area contributed by atoms with Gasteiger partial charge in [0.1, 0.15) is 12.7 Å². The highest BCUT2D eigenvalue weighted by Crippen LogP contribution is 2.17. The second kappa shape index (κ2) is 8.47. The smallest absolute Gasteiger partial charge is 0.191 e. The highest BCUT2D eigenvalue weighted by atomic mass is 15.3. The van der Waals surface area contributed by atoms with Gasteiger partial charge in [-0.25, -0.2) is 14.7 Å². The number of aliphatic imine (C=N–C) groups is 1. The number of guanidine groups is 1. The van der Waals surface area contributed by atoms with Gasteiger partial charge in [-0.1, -0.05) is 31.4 Å². The minimum absolute atomic E-state index is 0.561. The largest absolute Gasteiger partial charge is 0.357 e. The molecular formula is C18H26N6. The minimum Gasteiger partial charge on any atom is -0.357 e. The molecule has 3 rings (SSSR count). The third kappa shape index (κ3) is 4.57. The van der Waals surface area contributed by atoms with E-state index in [2.05, 4.69) is 39.8 Å². The topological polar surface area (TPSA) is 67.1 Å². The van der Waals surface area contributed by atoms with Crippen molar-refractivity contribution in [1.82, 2.24) is 25.4 Å². The average Bonchev–Trinajstić information content (AvgIpc) is 3.16. The van der Waals surface area contributed by atoms with Crippen LogP contribution < -0.4 is 10.6 Å². The van der Waals surface area contributed by atoms with Gasteiger partial charge in [0.25, 0.3) is 0 Å². The zero-order chi connectivity index (χ0) is 16.6. The molecule has 0 saturated heterocycles. The van der Waals surface area contributed by atoms with Crippen LogP contribution in [0.3, 0.4) is 0 Å². The summed E-state index contributed by atoms with van der Waals surface area (Å²) in [6.45, 7) is 3.65. The van der Waals surface area contributed by atoms with Crippen LogP contribution in [0, 0.1) is 0 Å². The van der Waals surface area contributed by atoms with E-state index in [0.29, 0.717) is 12.6 Å². The van der Waals surface area contributed by atoms with E-state index in [0.717, 1.165) is 18.2 Å². The molecule has 6 nitrogen and oxygen atoms in total. The maximum atomic E-state index is 4.73. The summed E-state index contributed by atoms with van der Waals surface area (Å²) >= 11 is 0. The Morgan fingerprint density at radius 2 is 2.00 bits per heavy atom. The molecule has 2 aromatic rings. The predicted molar refractivity (Wildman–Crippen MR) is 96.2 cm³/mol. The van der Waals surface area contributed by atoms with Gasteiger partial charge in [0.05, 0.1) is 12.2 Å². The van der Waals surface area contributed by atoms with Crippen molar-refractivity contribution in [3.05, 3.63) is 42.5 Å². The summed E-state index contributed by atoms with van der Waals surface area (Å²) in [5.41, 5.74) is 2.19. The lowest BCUT2D eigenvalue weighted by Crippen LogP contribution is -2.44. The summed E-state index contributed by atoms with van der Waals surface area (Å²) < 4.78 is 1.75. The third-order valence-corrected chi connectivity index (χ3v) is 4.33. The van der Waals surface area contributed by atoms with Crippen molar-refractivity contribution < 1.29 is 0 Å². The van der Waals surface area contributed by atoms with Crippen LogP contribution in [-0.2, 0) is 6.54 Å². The van der Waals surface area contributed by atoms with Gasteiger partial charge in [-0.05, 0) is 37.5 Å². The molecule has 0 spiro atoms. The summed E-state index contributed by atoms with van der Waals surface area (Å²) in [5, 5.41) is 11.1. The predicted octanol–water partition coefficient (Wildman–Crippen LogP) is 2.66. The maximum Gasteiger partial charge on any atom is 0.191 e. The number of benzene rings is 1. The Bertz CT molecular complexity index is 626. The molecule has 0 amide bonds. The van der Waals surface area contributed by atoms with E-state index < -0.39 is 0 Å². The molecule has 0 radical (unpaired) electrons. The monoisotopic (exact) mass is 326 g/mol. The lowest BCUT2D eigenvalue weighted by molar-refractivity contribution is 0.410. The highest BCUT2D eigenvalue weighted by molar-refractivity contribution is 5.80. The summed E-state index contributed by atoms with van der Waals surface area (Å²) in [6, 6.07) is 8.82. The van der Waals surface area contributed by atoms with Crippen LogP contribution >= 0.6 is 0 Å². The Hall–Kier alpha value is -2.37. The molecule has 1 heterocycles. The van der Waals surface area contributed by atoms with Gasteiger partial charge >= 0.3 is 0 Å². The Kier molecular flexibility index (Phi) is 5.82. The van der Waals surface area contributed by atoms with E-state index in [1.165, 1.54) is 44.0 Å². The molecule has 2 N–H and O–H groups in total. The summed E-state index contributed by atoms with van der Waals surface area (Å²) in [6.07, 6.45) is 9.74. The molecule has 0 bridgehead atoms. The van der Waals surface area contributed by atoms with E-state index in [-0.39, 0.29) is 0 Å². The lowest BCUT2D eigenvalue weighted by Gasteiger charge is -2.24. The molecule has 0 unspecified atom stereocenters. The second-order valence-corrected chi connectivity index (χ2v) is 6.18. The van der Waals surface area contributed by atoms with Crippen LogP contribution in [0.15, 0.2) is 41.9 Å². The van der Waals surface area contributed by atoms with Crippen LogP contribution in [0.1, 0.15) is 44.6 Å². The molecule has 6 heteroatoms. The van der Waals surface area contributed by atoms with E-state index in [1.807, 2.05) is 12.1 Å². The number of rotatable bonds is 5. The van der Waals surface area contributed by atoms with Gasteiger partial charge in [0.2, 0.25) is 0 Å². The Morgan fingerprint density at radius 1 is 1.21 bits per heavy atom. The number of aromatic nitrogens is 3.